The zero-order valence-corrected chi connectivity index (χ0v) is 11.2. The molecule has 1 aliphatic carbocycles. The second-order valence-electron chi connectivity index (χ2n) is 6.08. The highest BCUT2D eigenvalue weighted by molar-refractivity contribution is 5.13. The summed E-state index contributed by atoms with van der Waals surface area (Å²) in [6.45, 7) is 2.37. The molecule has 1 saturated carbocycles. The Labute approximate surface area is 109 Å². The van der Waals surface area contributed by atoms with Gasteiger partial charge >= 0.3 is 0 Å². The van der Waals surface area contributed by atoms with E-state index in [1.165, 1.54) is 37.3 Å². The van der Waals surface area contributed by atoms with Crippen LogP contribution in [-0.4, -0.2) is 41.0 Å². The number of nitrogens with one attached hydrogen (secondary N) is 1. The highest BCUT2D eigenvalue weighted by Crippen LogP contribution is 2.32. The fourth-order valence-corrected chi connectivity index (χ4v) is 3.35. The maximum atomic E-state index is 5.96. The Hall–Kier alpha value is -0.870. The number of aromatic amines is 1. The molecule has 2 heterocycles. The first-order valence-electron chi connectivity index (χ1n) is 7.21. The Balaban J connectivity index is 1.66. The molecule has 0 bridgehead atoms. The largest absolute Gasteiger partial charge is 0.345 e. The third-order valence-electron chi connectivity index (χ3n) is 4.60. The molecular weight excluding hydrogens is 224 g/mol. The van der Waals surface area contributed by atoms with Crippen LogP contribution < -0.4 is 5.73 Å². The predicted octanol–water partition coefficient (Wildman–Crippen LogP) is 1.81. The minimum atomic E-state index is 0.416. The van der Waals surface area contributed by atoms with Gasteiger partial charge in [0.25, 0.3) is 0 Å². The molecule has 1 aromatic heterocycles. The van der Waals surface area contributed by atoms with Gasteiger partial charge in [-0.2, -0.15) is 0 Å². The van der Waals surface area contributed by atoms with Crippen molar-refractivity contribution in [3.8, 4) is 0 Å². The lowest BCUT2D eigenvalue weighted by Crippen LogP contribution is -2.26. The van der Waals surface area contributed by atoms with Crippen molar-refractivity contribution in [1.29, 1.82) is 0 Å². The molecule has 3 rings (SSSR count). The topological polar surface area (TPSA) is 57.9 Å². The van der Waals surface area contributed by atoms with Crippen molar-refractivity contribution in [2.75, 3.05) is 20.1 Å². The van der Waals surface area contributed by atoms with E-state index in [-0.39, 0.29) is 0 Å². The molecule has 1 aromatic rings. The van der Waals surface area contributed by atoms with Crippen molar-refractivity contribution >= 4 is 0 Å². The van der Waals surface area contributed by atoms with Crippen LogP contribution in [-0.2, 0) is 0 Å². The van der Waals surface area contributed by atoms with Gasteiger partial charge in [-0.1, -0.05) is 0 Å². The van der Waals surface area contributed by atoms with Crippen molar-refractivity contribution < 1.29 is 0 Å². The molecule has 2 fully saturated rings. The first-order valence-corrected chi connectivity index (χ1v) is 7.21. The molecule has 0 radical (unpaired) electrons. The summed E-state index contributed by atoms with van der Waals surface area (Å²) in [5.74, 6) is 2.46. The van der Waals surface area contributed by atoms with E-state index in [1.807, 2.05) is 0 Å². The Morgan fingerprint density at radius 3 is 2.67 bits per heavy atom. The zero-order valence-electron chi connectivity index (χ0n) is 11.2. The monoisotopic (exact) mass is 248 g/mol. The summed E-state index contributed by atoms with van der Waals surface area (Å²) in [4.78, 5) is 10.6. The van der Waals surface area contributed by atoms with Crippen LogP contribution in [0.25, 0.3) is 0 Å². The molecule has 18 heavy (non-hydrogen) atoms. The van der Waals surface area contributed by atoms with E-state index < -0.39 is 0 Å². The standard InChI is InChI=1S/C14H24N4/c1-18-7-6-11(9-18)13-8-16-14(17-13)10-2-4-12(15)5-3-10/h8,10-12H,2-7,9,15H2,1H3,(H,16,17). The minimum absolute atomic E-state index is 0.416. The lowest BCUT2D eigenvalue weighted by molar-refractivity contribution is 0.385. The quantitative estimate of drug-likeness (QED) is 0.839. The summed E-state index contributed by atoms with van der Waals surface area (Å²) >= 11 is 0. The van der Waals surface area contributed by atoms with Gasteiger partial charge < -0.3 is 15.6 Å². The Morgan fingerprint density at radius 2 is 2.00 bits per heavy atom. The lowest BCUT2D eigenvalue weighted by atomic mass is 9.86. The van der Waals surface area contributed by atoms with E-state index in [9.17, 15) is 0 Å². The number of aromatic nitrogens is 2. The summed E-state index contributed by atoms with van der Waals surface area (Å²) in [7, 11) is 2.19. The van der Waals surface area contributed by atoms with Gasteiger partial charge in [0.15, 0.2) is 0 Å². The van der Waals surface area contributed by atoms with Crippen LogP contribution in [0.5, 0.6) is 0 Å². The third-order valence-corrected chi connectivity index (χ3v) is 4.60. The van der Waals surface area contributed by atoms with Gasteiger partial charge in [0.05, 0.1) is 0 Å². The molecule has 100 valence electrons. The normalized spacial score (nSPS) is 34.0. The van der Waals surface area contributed by atoms with Crippen LogP contribution >= 0.6 is 0 Å². The first-order chi connectivity index (χ1) is 8.72. The average Bonchev–Trinajstić information content (AvgIpc) is 2.98. The number of likely N-dealkylation sites (N-methyl/N-ethyl adjacent to an activating group) is 1. The van der Waals surface area contributed by atoms with Gasteiger partial charge in [0, 0.05) is 36.3 Å². The van der Waals surface area contributed by atoms with Crippen LogP contribution in [0.15, 0.2) is 6.20 Å². The Kier molecular flexibility index (Phi) is 3.39. The molecule has 2 aliphatic rings. The molecular formula is C14H24N4. The highest BCUT2D eigenvalue weighted by atomic mass is 15.1. The average molecular weight is 248 g/mol. The molecule has 0 spiro atoms. The smallest absolute Gasteiger partial charge is 0.109 e. The van der Waals surface area contributed by atoms with E-state index in [2.05, 4.69) is 28.1 Å². The maximum Gasteiger partial charge on any atom is 0.109 e. The number of likely N-dealkylation sites (tertiary alicyclic amines) is 1. The Morgan fingerprint density at radius 1 is 1.22 bits per heavy atom. The van der Waals surface area contributed by atoms with E-state index in [1.54, 1.807) is 0 Å². The second-order valence-corrected chi connectivity index (χ2v) is 6.08. The van der Waals surface area contributed by atoms with Crippen molar-refractivity contribution in [1.82, 2.24) is 14.9 Å². The molecule has 4 nitrogen and oxygen atoms in total. The van der Waals surface area contributed by atoms with Gasteiger partial charge in [-0.3, -0.25) is 0 Å². The summed E-state index contributed by atoms with van der Waals surface area (Å²) in [5.41, 5.74) is 7.30. The molecule has 3 N–H and O–H groups in total. The van der Waals surface area contributed by atoms with Crippen LogP contribution in [0.2, 0.25) is 0 Å². The van der Waals surface area contributed by atoms with Gasteiger partial charge in [-0.05, 0) is 45.7 Å². The Bertz CT molecular complexity index is 392. The van der Waals surface area contributed by atoms with Crippen molar-refractivity contribution in [2.45, 2.75) is 50.0 Å². The van der Waals surface area contributed by atoms with Crippen LogP contribution in [0.3, 0.4) is 0 Å². The summed E-state index contributed by atoms with van der Waals surface area (Å²) < 4.78 is 0. The minimum Gasteiger partial charge on any atom is -0.345 e. The van der Waals surface area contributed by atoms with E-state index in [4.69, 9.17) is 5.73 Å². The van der Waals surface area contributed by atoms with Crippen molar-refractivity contribution in [3.63, 3.8) is 0 Å². The molecule has 1 unspecified atom stereocenters. The number of imidazole rings is 1. The summed E-state index contributed by atoms with van der Waals surface area (Å²) in [5, 5.41) is 0. The second kappa shape index (κ2) is 5.02. The predicted molar refractivity (Wildman–Crippen MR) is 72.6 cm³/mol. The van der Waals surface area contributed by atoms with Gasteiger partial charge in [-0.15, -0.1) is 0 Å². The van der Waals surface area contributed by atoms with Gasteiger partial charge in [-0.25, -0.2) is 4.98 Å². The van der Waals surface area contributed by atoms with E-state index in [0.717, 1.165) is 19.4 Å². The molecule has 1 saturated heterocycles. The van der Waals surface area contributed by atoms with Gasteiger partial charge in [0.1, 0.15) is 5.82 Å². The summed E-state index contributed by atoms with van der Waals surface area (Å²) in [6, 6.07) is 0.416. The fraction of sp³-hybridized carbons (Fsp3) is 0.786. The molecule has 1 atom stereocenters. The number of nitrogens with zero attached hydrogens (tertiary/aromatic N) is 2. The fourth-order valence-electron chi connectivity index (χ4n) is 3.35. The maximum absolute atomic E-state index is 5.96. The summed E-state index contributed by atoms with van der Waals surface area (Å²) in [6.07, 6.45) is 8.00. The van der Waals surface area contributed by atoms with E-state index in [0.29, 0.717) is 17.9 Å². The molecule has 4 heteroatoms. The number of hydrogen-bond donors (Lipinski definition) is 2. The number of nitrogens with two attached hydrogens (primary N) is 1. The van der Waals surface area contributed by atoms with Crippen LogP contribution in [0.4, 0.5) is 0 Å². The van der Waals surface area contributed by atoms with Crippen LogP contribution in [0, 0.1) is 0 Å². The zero-order chi connectivity index (χ0) is 12.5. The molecule has 0 aromatic carbocycles. The number of rotatable bonds is 2. The van der Waals surface area contributed by atoms with Gasteiger partial charge in [0.2, 0.25) is 0 Å². The highest BCUT2D eigenvalue weighted by Gasteiger charge is 2.26. The molecule has 0 amide bonds. The lowest BCUT2D eigenvalue weighted by Gasteiger charge is -2.24. The number of H-pyrrole nitrogens is 1. The first kappa shape index (κ1) is 12.2. The SMILES string of the molecule is CN1CCC(c2cnc(C3CCC(N)CC3)[nH]2)C1. The van der Waals surface area contributed by atoms with Crippen molar-refractivity contribution in [3.05, 3.63) is 17.7 Å². The third kappa shape index (κ3) is 2.45. The van der Waals surface area contributed by atoms with Crippen molar-refractivity contribution in [2.24, 2.45) is 5.73 Å². The van der Waals surface area contributed by atoms with Crippen LogP contribution in [0.1, 0.15) is 55.5 Å². The van der Waals surface area contributed by atoms with E-state index >= 15 is 0 Å². The molecule has 1 aliphatic heterocycles. The number of hydrogen-bond acceptors (Lipinski definition) is 3.